The molecule has 0 bridgehead atoms. The molecule has 1 aliphatic rings. The van der Waals surface area contributed by atoms with E-state index in [1.807, 2.05) is 0 Å². The van der Waals surface area contributed by atoms with Gasteiger partial charge in [0.25, 0.3) is 5.79 Å². The maximum atomic E-state index is 13.2. The maximum Gasteiger partial charge on any atom is 0.510 e. The minimum atomic E-state index is -5.45. The molecule has 1 saturated heterocycles. The van der Waals surface area contributed by atoms with E-state index in [2.05, 4.69) is 0 Å². The minimum absolute atomic E-state index is 0.547. The second-order valence-electron chi connectivity index (χ2n) is 5.08. The molecule has 4 nitrogen and oxygen atoms in total. The molecule has 22 heavy (non-hydrogen) atoms. The van der Waals surface area contributed by atoms with Crippen LogP contribution in [-0.4, -0.2) is 24.7 Å². The van der Waals surface area contributed by atoms with Gasteiger partial charge in [0.15, 0.2) is 0 Å². The molecule has 2 rings (SSSR count). The van der Waals surface area contributed by atoms with Crippen LogP contribution in [0.2, 0.25) is 0 Å². The number of carbonyl (C=O) groups excluding carboxylic acids is 2. The second-order valence-corrected chi connectivity index (χ2v) is 5.08. The number of hydrogen-bond acceptors (Lipinski definition) is 4. The molecule has 9 heteroatoms. The van der Waals surface area contributed by atoms with Crippen LogP contribution in [0.15, 0.2) is 23.8 Å². The summed E-state index contributed by atoms with van der Waals surface area (Å²) in [6.07, 6.45) is 0.619. The summed E-state index contributed by atoms with van der Waals surface area (Å²) in [6, 6.07) is 1.77. The average Bonchev–Trinajstić information content (AvgIpc) is 2.31. The Hall–Kier alpha value is -2.32. The number of hydrogen-bond donors (Lipinski definition) is 0. The van der Waals surface area contributed by atoms with Crippen LogP contribution >= 0.6 is 0 Å². The Balaban J connectivity index is 2.52. The lowest BCUT2D eigenvalue weighted by molar-refractivity contribution is -0.222. The Labute approximate surface area is 122 Å². The first-order valence-electron chi connectivity index (χ1n) is 6.17. The van der Waals surface area contributed by atoms with Crippen molar-refractivity contribution in [2.24, 2.45) is 0 Å². The highest BCUT2D eigenvalue weighted by atomic mass is 19.4. The Morgan fingerprint density at radius 2 is 1.64 bits per heavy atom. The summed E-state index contributed by atoms with van der Waals surface area (Å²) < 4.78 is 61.5. The molecule has 0 spiro atoms. The molecule has 118 valence electrons. The van der Waals surface area contributed by atoms with Crippen LogP contribution in [0.3, 0.4) is 0 Å². The van der Waals surface area contributed by atoms with Gasteiger partial charge in [0, 0.05) is 13.8 Å². The van der Waals surface area contributed by atoms with Gasteiger partial charge in [-0.05, 0) is 23.8 Å². The van der Waals surface area contributed by atoms with Crippen molar-refractivity contribution in [1.29, 1.82) is 0 Å². The van der Waals surface area contributed by atoms with Crippen molar-refractivity contribution >= 4 is 30.5 Å². The zero-order chi connectivity index (χ0) is 16.7. The summed E-state index contributed by atoms with van der Waals surface area (Å²) in [6.45, 7) is -2.85. The van der Waals surface area contributed by atoms with Gasteiger partial charge in [-0.1, -0.05) is 6.07 Å². The van der Waals surface area contributed by atoms with Gasteiger partial charge < -0.3 is 22.4 Å². The predicted octanol–water partition coefficient (Wildman–Crippen LogP) is 2.10. The third kappa shape index (κ3) is 3.29. The molecule has 1 heterocycles. The summed E-state index contributed by atoms with van der Waals surface area (Å²) in [5.41, 5.74) is -2.50. The van der Waals surface area contributed by atoms with Crippen molar-refractivity contribution in [2.75, 3.05) is 0 Å². The Kier molecular flexibility index (Phi) is 3.76. The van der Waals surface area contributed by atoms with Crippen molar-refractivity contribution in [2.45, 2.75) is 19.6 Å². The Bertz CT molecular complexity index is 657. The predicted molar refractivity (Wildman–Crippen MR) is 69.4 cm³/mol. The van der Waals surface area contributed by atoms with Crippen LogP contribution in [0.4, 0.5) is 17.3 Å². The van der Waals surface area contributed by atoms with Crippen LogP contribution in [0.1, 0.15) is 19.4 Å². The van der Waals surface area contributed by atoms with Crippen LogP contribution in [-0.2, 0) is 19.1 Å². The highest BCUT2D eigenvalue weighted by Crippen LogP contribution is 2.25. The standard InChI is InChI=1S/C13H10BF4O4/c1-13(2)21-11(19)9(12(20)22-13)6-7-5-8(15)3-4-10(7)14(16,17)18/h3-6H,1-2H3/q-1. The number of carbonyl (C=O) groups is 2. The van der Waals surface area contributed by atoms with Gasteiger partial charge in [-0.3, -0.25) is 0 Å². The first-order chi connectivity index (χ1) is 9.99. The Morgan fingerprint density at radius 3 is 2.14 bits per heavy atom. The normalized spacial score (nSPS) is 17.8. The van der Waals surface area contributed by atoms with Crippen molar-refractivity contribution in [1.82, 2.24) is 0 Å². The lowest BCUT2D eigenvalue weighted by Gasteiger charge is -2.30. The van der Waals surface area contributed by atoms with E-state index in [-0.39, 0.29) is 0 Å². The highest BCUT2D eigenvalue weighted by molar-refractivity contribution is 6.74. The summed E-state index contributed by atoms with van der Waals surface area (Å²) >= 11 is 0. The molecule has 0 N–H and O–H groups in total. The highest BCUT2D eigenvalue weighted by Gasteiger charge is 2.39. The maximum absolute atomic E-state index is 13.2. The molecule has 1 aliphatic heterocycles. The number of benzene rings is 1. The molecular weight excluding hydrogens is 307 g/mol. The first kappa shape index (κ1) is 16.1. The van der Waals surface area contributed by atoms with E-state index in [0.717, 1.165) is 0 Å². The molecule has 0 atom stereocenters. The molecule has 0 radical (unpaired) electrons. The first-order valence-corrected chi connectivity index (χ1v) is 6.17. The van der Waals surface area contributed by atoms with E-state index < -0.39 is 47.1 Å². The number of ether oxygens (including phenoxy) is 2. The van der Waals surface area contributed by atoms with Crippen LogP contribution in [0.5, 0.6) is 0 Å². The van der Waals surface area contributed by atoms with E-state index in [1.165, 1.54) is 13.8 Å². The third-order valence-electron chi connectivity index (χ3n) is 2.82. The summed E-state index contributed by atoms with van der Waals surface area (Å²) in [7, 11) is 0. The van der Waals surface area contributed by atoms with Gasteiger partial charge in [0.1, 0.15) is 11.4 Å². The smallest absolute Gasteiger partial charge is 0.445 e. The molecule has 0 aromatic heterocycles. The van der Waals surface area contributed by atoms with Gasteiger partial charge in [-0.25, -0.2) is 14.0 Å². The van der Waals surface area contributed by atoms with E-state index in [9.17, 15) is 26.9 Å². The SMILES string of the molecule is CC1(C)OC(=O)C(=Cc2cc(F)ccc2[B-](F)(F)F)C(=O)O1. The molecule has 0 unspecified atom stereocenters. The quantitative estimate of drug-likeness (QED) is 0.276. The largest absolute Gasteiger partial charge is 0.510 e. The number of esters is 2. The molecule has 0 amide bonds. The van der Waals surface area contributed by atoms with E-state index >= 15 is 0 Å². The second kappa shape index (κ2) is 5.15. The fourth-order valence-electron chi connectivity index (χ4n) is 1.90. The zero-order valence-corrected chi connectivity index (χ0v) is 11.5. The van der Waals surface area contributed by atoms with Gasteiger partial charge in [-0.15, -0.1) is 5.46 Å². The fourth-order valence-corrected chi connectivity index (χ4v) is 1.90. The van der Waals surface area contributed by atoms with Crippen molar-refractivity contribution in [3.8, 4) is 0 Å². The van der Waals surface area contributed by atoms with Gasteiger partial charge in [0.2, 0.25) is 0 Å². The van der Waals surface area contributed by atoms with Gasteiger partial charge in [0.05, 0.1) is 0 Å². The van der Waals surface area contributed by atoms with Crippen molar-refractivity contribution in [3.05, 3.63) is 35.2 Å². The third-order valence-corrected chi connectivity index (χ3v) is 2.82. The monoisotopic (exact) mass is 317 g/mol. The summed E-state index contributed by atoms with van der Waals surface area (Å²) in [5.74, 6) is -4.71. The molecule has 0 aliphatic carbocycles. The summed E-state index contributed by atoms with van der Waals surface area (Å²) in [4.78, 5) is 23.4. The van der Waals surface area contributed by atoms with Crippen LogP contribution in [0.25, 0.3) is 6.08 Å². The van der Waals surface area contributed by atoms with E-state index in [4.69, 9.17) is 9.47 Å². The van der Waals surface area contributed by atoms with Gasteiger partial charge >= 0.3 is 18.9 Å². The fraction of sp³-hybridized carbons (Fsp3) is 0.231. The average molecular weight is 317 g/mol. The summed E-state index contributed by atoms with van der Waals surface area (Å²) in [5, 5.41) is 0. The van der Waals surface area contributed by atoms with E-state index in [0.29, 0.717) is 24.3 Å². The zero-order valence-electron chi connectivity index (χ0n) is 11.5. The number of cyclic esters (lactones) is 2. The Morgan fingerprint density at radius 1 is 1.09 bits per heavy atom. The van der Waals surface area contributed by atoms with Crippen molar-refractivity contribution in [3.63, 3.8) is 0 Å². The molecule has 0 saturated carbocycles. The van der Waals surface area contributed by atoms with Crippen LogP contribution in [0, 0.1) is 5.82 Å². The number of halogens is 4. The lowest BCUT2D eigenvalue weighted by atomic mass is 9.76. The van der Waals surface area contributed by atoms with Gasteiger partial charge in [-0.2, -0.15) is 0 Å². The van der Waals surface area contributed by atoms with Crippen LogP contribution < -0.4 is 5.46 Å². The number of rotatable bonds is 2. The van der Waals surface area contributed by atoms with E-state index in [1.54, 1.807) is 0 Å². The molecule has 1 aromatic rings. The topological polar surface area (TPSA) is 52.6 Å². The molecular formula is C13H10BF4O4-. The molecule has 1 aromatic carbocycles. The van der Waals surface area contributed by atoms with Crippen molar-refractivity contribution < 1.29 is 36.4 Å². The molecule has 1 fully saturated rings. The minimum Gasteiger partial charge on any atom is -0.445 e. The lowest BCUT2D eigenvalue weighted by Crippen LogP contribution is -2.42.